The average molecular weight is 272 g/mol. The van der Waals surface area contributed by atoms with Crippen LogP contribution >= 0.6 is 0 Å². The summed E-state index contributed by atoms with van der Waals surface area (Å²) in [6.07, 6.45) is 2.05. The van der Waals surface area contributed by atoms with E-state index in [-0.39, 0.29) is 6.10 Å². The second-order valence-corrected chi connectivity index (χ2v) is 5.84. The van der Waals surface area contributed by atoms with Crippen molar-refractivity contribution in [2.75, 3.05) is 66.2 Å². The largest absolute Gasteiger partial charge is 0.390 e. The Morgan fingerprint density at radius 1 is 1.16 bits per heavy atom. The third-order valence-corrected chi connectivity index (χ3v) is 4.01. The predicted octanol–water partition coefficient (Wildman–Crippen LogP) is 0.0379. The molecule has 0 saturated carbocycles. The van der Waals surface area contributed by atoms with Crippen LogP contribution in [0.1, 0.15) is 12.8 Å². The first-order valence-electron chi connectivity index (χ1n) is 7.48. The molecule has 0 aromatic heterocycles. The first-order valence-corrected chi connectivity index (χ1v) is 7.48. The number of β-amino-alcohol motifs (C(OH)–C–C–N with tert-alkyl or cyclic N) is 1. The van der Waals surface area contributed by atoms with Crippen LogP contribution in [0.2, 0.25) is 0 Å². The second kappa shape index (κ2) is 8.17. The van der Waals surface area contributed by atoms with Crippen molar-refractivity contribution in [3.63, 3.8) is 0 Å². The fraction of sp³-hybridized carbons (Fsp3) is 1.00. The summed E-state index contributed by atoms with van der Waals surface area (Å²) in [6, 6.07) is 0. The van der Waals surface area contributed by atoms with Gasteiger partial charge in [-0.15, -0.1) is 0 Å². The monoisotopic (exact) mass is 272 g/mol. The highest BCUT2D eigenvalue weighted by atomic mass is 16.5. The van der Waals surface area contributed by atoms with Crippen LogP contribution in [0.5, 0.6) is 0 Å². The van der Waals surface area contributed by atoms with Gasteiger partial charge in [-0.05, 0) is 25.8 Å². The van der Waals surface area contributed by atoms with Crippen molar-refractivity contribution in [1.29, 1.82) is 0 Å². The van der Waals surface area contributed by atoms with Crippen molar-refractivity contribution in [3.05, 3.63) is 0 Å². The van der Waals surface area contributed by atoms with Gasteiger partial charge in [0.25, 0.3) is 0 Å². The van der Waals surface area contributed by atoms with Crippen molar-refractivity contribution in [1.82, 2.24) is 9.80 Å². The number of nitrogens with zero attached hydrogens (tertiary/aromatic N) is 2. The van der Waals surface area contributed by atoms with E-state index in [1.54, 1.807) is 0 Å². The van der Waals surface area contributed by atoms with E-state index in [1.165, 1.54) is 0 Å². The lowest BCUT2D eigenvalue weighted by Gasteiger charge is -2.31. The molecule has 112 valence electrons. The lowest BCUT2D eigenvalue weighted by molar-refractivity contribution is 0.00517. The Hall–Kier alpha value is -0.200. The van der Waals surface area contributed by atoms with Gasteiger partial charge in [-0.25, -0.2) is 0 Å². The number of likely N-dealkylation sites (N-methyl/N-ethyl adjacent to an activating group) is 1. The summed E-state index contributed by atoms with van der Waals surface area (Å²) in [5, 5.41) is 10.2. The number of aliphatic hydroxyl groups excluding tert-OH is 1. The molecule has 2 aliphatic rings. The molecular weight excluding hydrogens is 244 g/mol. The van der Waals surface area contributed by atoms with Gasteiger partial charge in [-0.3, -0.25) is 4.90 Å². The Morgan fingerprint density at radius 3 is 2.47 bits per heavy atom. The topological polar surface area (TPSA) is 45.2 Å². The van der Waals surface area contributed by atoms with E-state index in [4.69, 9.17) is 9.47 Å². The molecule has 19 heavy (non-hydrogen) atoms. The van der Waals surface area contributed by atoms with Crippen molar-refractivity contribution in [2.24, 2.45) is 5.92 Å². The van der Waals surface area contributed by atoms with E-state index in [1.807, 2.05) is 0 Å². The minimum Gasteiger partial charge on any atom is -0.390 e. The van der Waals surface area contributed by atoms with E-state index in [2.05, 4.69) is 16.8 Å². The first-order chi connectivity index (χ1) is 9.24. The highest BCUT2D eigenvalue weighted by Gasteiger charge is 2.19. The van der Waals surface area contributed by atoms with E-state index < -0.39 is 0 Å². The van der Waals surface area contributed by atoms with Gasteiger partial charge in [-0.1, -0.05) is 0 Å². The zero-order valence-electron chi connectivity index (χ0n) is 12.1. The van der Waals surface area contributed by atoms with E-state index in [0.717, 1.165) is 77.9 Å². The van der Waals surface area contributed by atoms with Gasteiger partial charge < -0.3 is 19.5 Å². The standard InChI is InChI=1S/C14H28N2O3/c1-15(10-13-2-6-18-7-3-13)11-14(17)12-16-4-8-19-9-5-16/h13-14,17H,2-12H2,1H3. The quantitative estimate of drug-likeness (QED) is 0.739. The molecule has 1 N–H and O–H groups in total. The Morgan fingerprint density at radius 2 is 1.79 bits per heavy atom. The van der Waals surface area contributed by atoms with Crippen molar-refractivity contribution >= 4 is 0 Å². The smallest absolute Gasteiger partial charge is 0.0793 e. The predicted molar refractivity (Wildman–Crippen MR) is 74.3 cm³/mol. The maximum atomic E-state index is 10.2. The van der Waals surface area contributed by atoms with Crippen LogP contribution in [-0.2, 0) is 9.47 Å². The van der Waals surface area contributed by atoms with Crippen molar-refractivity contribution in [3.8, 4) is 0 Å². The molecule has 2 fully saturated rings. The normalized spacial score (nSPS) is 24.8. The Balaban J connectivity index is 1.61. The summed E-state index contributed by atoms with van der Waals surface area (Å²) in [5.74, 6) is 0.731. The molecule has 0 radical (unpaired) electrons. The molecule has 0 spiro atoms. The molecule has 2 aliphatic heterocycles. The van der Waals surface area contributed by atoms with Gasteiger partial charge in [0.1, 0.15) is 0 Å². The summed E-state index contributed by atoms with van der Waals surface area (Å²) in [6.45, 7) is 7.88. The lowest BCUT2D eigenvalue weighted by Crippen LogP contribution is -2.44. The SMILES string of the molecule is CN(CC(O)CN1CCOCC1)CC1CCOCC1. The second-order valence-electron chi connectivity index (χ2n) is 5.84. The molecule has 2 heterocycles. The fourth-order valence-corrected chi connectivity index (χ4v) is 2.94. The number of morpholine rings is 1. The number of ether oxygens (including phenoxy) is 2. The maximum absolute atomic E-state index is 10.2. The Labute approximate surface area is 116 Å². The third-order valence-electron chi connectivity index (χ3n) is 4.01. The van der Waals surface area contributed by atoms with Crippen LogP contribution in [0.3, 0.4) is 0 Å². The summed E-state index contributed by atoms with van der Waals surface area (Å²) in [7, 11) is 2.11. The van der Waals surface area contributed by atoms with Crippen molar-refractivity contribution in [2.45, 2.75) is 18.9 Å². The molecule has 5 nitrogen and oxygen atoms in total. The summed E-state index contributed by atoms with van der Waals surface area (Å²) in [4.78, 5) is 4.55. The van der Waals surface area contributed by atoms with Crippen LogP contribution in [0.15, 0.2) is 0 Å². The molecule has 0 aliphatic carbocycles. The van der Waals surface area contributed by atoms with E-state index in [9.17, 15) is 5.11 Å². The van der Waals surface area contributed by atoms with Crippen LogP contribution < -0.4 is 0 Å². The molecule has 2 saturated heterocycles. The summed E-state index contributed by atoms with van der Waals surface area (Å²) < 4.78 is 10.7. The summed E-state index contributed by atoms with van der Waals surface area (Å²) >= 11 is 0. The van der Waals surface area contributed by atoms with Gasteiger partial charge in [0.2, 0.25) is 0 Å². The van der Waals surface area contributed by atoms with Crippen LogP contribution in [-0.4, -0.2) is 87.2 Å². The molecule has 0 aromatic carbocycles. The first kappa shape index (κ1) is 15.2. The van der Waals surface area contributed by atoms with Gasteiger partial charge >= 0.3 is 0 Å². The highest BCUT2D eigenvalue weighted by Crippen LogP contribution is 2.15. The zero-order valence-corrected chi connectivity index (χ0v) is 12.1. The number of hydrogen-bond donors (Lipinski definition) is 1. The molecule has 0 bridgehead atoms. The van der Waals surface area contributed by atoms with E-state index in [0.29, 0.717) is 0 Å². The maximum Gasteiger partial charge on any atom is 0.0793 e. The zero-order chi connectivity index (χ0) is 13.5. The minimum absolute atomic E-state index is 0.261. The van der Waals surface area contributed by atoms with Gasteiger partial charge in [0.05, 0.1) is 19.3 Å². The molecule has 5 heteroatoms. The summed E-state index contributed by atoms with van der Waals surface area (Å²) in [5.41, 5.74) is 0. The Kier molecular flexibility index (Phi) is 6.53. The van der Waals surface area contributed by atoms with Crippen LogP contribution in [0, 0.1) is 5.92 Å². The molecule has 2 rings (SSSR count). The molecule has 1 unspecified atom stereocenters. The van der Waals surface area contributed by atoms with Gasteiger partial charge in [0, 0.05) is 45.9 Å². The van der Waals surface area contributed by atoms with Crippen molar-refractivity contribution < 1.29 is 14.6 Å². The molecule has 1 atom stereocenters. The minimum atomic E-state index is -0.261. The van der Waals surface area contributed by atoms with Crippen LogP contribution in [0.25, 0.3) is 0 Å². The lowest BCUT2D eigenvalue weighted by atomic mass is 10.00. The van der Waals surface area contributed by atoms with Crippen LogP contribution in [0.4, 0.5) is 0 Å². The molecule has 0 amide bonds. The number of rotatable bonds is 6. The van der Waals surface area contributed by atoms with E-state index >= 15 is 0 Å². The number of aliphatic hydroxyl groups is 1. The average Bonchev–Trinajstić information content (AvgIpc) is 2.40. The highest BCUT2D eigenvalue weighted by molar-refractivity contribution is 4.72. The number of hydrogen-bond acceptors (Lipinski definition) is 5. The van der Waals surface area contributed by atoms with Gasteiger partial charge in [0.15, 0.2) is 0 Å². The Bertz CT molecular complexity index is 217. The fourth-order valence-electron chi connectivity index (χ4n) is 2.94. The van der Waals surface area contributed by atoms with Gasteiger partial charge in [-0.2, -0.15) is 0 Å². The molecular formula is C14H28N2O3. The third kappa shape index (κ3) is 5.75. The molecule has 0 aromatic rings.